The Kier molecular flexibility index (Phi) is 10.0. The molecule has 1 fully saturated rings. The summed E-state index contributed by atoms with van der Waals surface area (Å²) in [5.41, 5.74) is 0.619. The van der Waals surface area contributed by atoms with E-state index < -0.39 is 40.5 Å². The third kappa shape index (κ3) is 7.89. The van der Waals surface area contributed by atoms with Crippen molar-refractivity contribution in [2.75, 3.05) is 0 Å². The van der Waals surface area contributed by atoms with Crippen molar-refractivity contribution < 1.29 is 22.8 Å². The van der Waals surface area contributed by atoms with E-state index in [1.807, 2.05) is 31.3 Å². The van der Waals surface area contributed by atoms with Gasteiger partial charge in [-0.2, -0.15) is 19.0 Å². The molecule has 6 rings (SSSR count). The van der Waals surface area contributed by atoms with Crippen LogP contribution in [-0.4, -0.2) is 47.5 Å². The van der Waals surface area contributed by atoms with E-state index in [0.717, 1.165) is 51.6 Å². The number of amides is 2. The first kappa shape index (κ1) is 37.1. The van der Waals surface area contributed by atoms with Crippen LogP contribution in [0.4, 0.5) is 13.2 Å². The number of pyridine rings is 1. The Hall–Kier alpha value is -4.65. The molecule has 4 aromatic rings. The predicted octanol–water partition coefficient (Wildman–Crippen LogP) is 6.53. The minimum Gasteiger partial charge on any atom is -0.348 e. The smallest absolute Gasteiger partial charge is 0.288 e. The van der Waals surface area contributed by atoms with Gasteiger partial charge >= 0.3 is 0 Å². The number of aryl methyl sites for hydroxylation is 2. The van der Waals surface area contributed by atoms with Gasteiger partial charge in [0.1, 0.15) is 11.7 Å². The van der Waals surface area contributed by atoms with Crippen molar-refractivity contribution in [3.63, 3.8) is 0 Å². The first-order valence-corrected chi connectivity index (χ1v) is 17.8. The van der Waals surface area contributed by atoms with Crippen LogP contribution in [0, 0.1) is 17.7 Å². The second-order valence-electron chi connectivity index (χ2n) is 14.8. The van der Waals surface area contributed by atoms with Gasteiger partial charge in [0.05, 0.1) is 23.3 Å². The molecule has 276 valence electrons. The topological polar surface area (TPSA) is 116 Å². The Morgan fingerprint density at radius 1 is 1.12 bits per heavy atom. The summed E-state index contributed by atoms with van der Waals surface area (Å²) in [5, 5.41) is 15.7. The van der Waals surface area contributed by atoms with Crippen molar-refractivity contribution in [3.05, 3.63) is 92.9 Å². The molecule has 1 aromatic carbocycles. The summed E-state index contributed by atoms with van der Waals surface area (Å²) >= 11 is 6.25. The zero-order chi connectivity index (χ0) is 37.7. The molecular formula is C38H43ClF3N7O3. The zero-order valence-corrected chi connectivity index (χ0v) is 30.8. The van der Waals surface area contributed by atoms with Crippen LogP contribution in [0.1, 0.15) is 70.6 Å². The number of fused-ring (bicyclic) bond motifs is 1. The van der Waals surface area contributed by atoms with E-state index in [9.17, 15) is 27.6 Å². The summed E-state index contributed by atoms with van der Waals surface area (Å²) in [6.45, 7) is 6.15. The zero-order valence-electron chi connectivity index (χ0n) is 30.0. The highest BCUT2D eigenvalue weighted by Crippen LogP contribution is 2.48. The summed E-state index contributed by atoms with van der Waals surface area (Å²) in [6, 6.07) is 7.06. The van der Waals surface area contributed by atoms with Gasteiger partial charge in [0.15, 0.2) is 11.0 Å². The lowest BCUT2D eigenvalue weighted by Crippen LogP contribution is -2.55. The molecule has 10 nitrogen and oxygen atoms in total. The Labute approximate surface area is 304 Å². The Balaban J connectivity index is 1.23. The Morgan fingerprint density at radius 3 is 2.56 bits per heavy atom. The molecule has 2 N–H and O–H groups in total. The van der Waals surface area contributed by atoms with Crippen LogP contribution < -0.4 is 16.2 Å². The molecule has 0 aliphatic heterocycles. The maximum atomic E-state index is 14.5. The predicted molar refractivity (Wildman–Crippen MR) is 193 cm³/mol. The van der Waals surface area contributed by atoms with E-state index in [4.69, 9.17) is 11.6 Å². The van der Waals surface area contributed by atoms with Gasteiger partial charge in [0, 0.05) is 50.5 Å². The minimum absolute atomic E-state index is 0.0251. The van der Waals surface area contributed by atoms with E-state index in [1.165, 1.54) is 17.9 Å². The number of rotatable bonds is 12. The van der Waals surface area contributed by atoms with Crippen LogP contribution in [0.2, 0.25) is 5.15 Å². The van der Waals surface area contributed by atoms with Crippen molar-refractivity contribution in [2.45, 2.75) is 83.3 Å². The molecule has 4 unspecified atom stereocenters. The second-order valence-corrected chi connectivity index (χ2v) is 15.1. The van der Waals surface area contributed by atoms with Crippen LogP contribution in [0.25, 0.3) is 22.2 Å². The molecule has 1 saturated carbocycles. The number of allylic oxidation sites excluding steroid dienone is 3. The Bertz CT molecular complexity index is 2130. The first-order valence-electron chi connectivity index (χ1n) is 17.4. The standard InChI is InChI=1S/C38H43ClF3N7O3/c1-7-21-9-8-10-22(13-21)14-29(43-34(50)27-17-26(27)23-11-12-25-31(16-23)48(6)46-33(25)39)35(51)44-37(2,3)20-49-30(18-32(45-49)38(4,41)42)24-15-28(40)36(52)47(5)19-24/h8,10-13,15-16,18-19,21,26-27,29H,7,9,14,17,20H2,1-6H3,(H,43,50)(H,44,51). The molecule has 4 atom stereocenters. The number of hydrogen-bond donors (Lipinski definition) is 2. The van der Waals surface area contributed by atoms with Crippen molar-refractivity contribution in [3.8, 4) is 11.3 Å². The third-order valence-electron chi connectivity index (χ3n) is 9.88. The average Bonchev–Trinajstić information content (AvgIpc) is 3.69. The van der Waals surface area contributed by atoms with E-state index in [2.05, 4.69) is 39.9 Å². The van der Waals surface area contributed by atoms with Crippen LogP contribution in [0.15, 0.2) is 65.1 Å². The molecule has 0 radical (unpaired) electrons. The summed E-state index contributed by atoms with van der Waals surface area (Å²) in [4.78, 5) is 39.8. The molecule has 3 aromatic heterocycles. The molecule has 0 bridgehead atoms. The summed E-state index contributed by atoms with van der Waals surface area (Å²) in [7, 11) is 3.18. The number of carbonyl (C=O) groups is 2. The van der Waals surface area contributed by atoms with Crippen molar-refractivity contribution in [1.82, 2.24) is 34.8 Å². The van der Waals surface area contributed by atoms with Gasteiger partial charge in [-0.15, -0.1) is 0 Å². The first-order chi connectivity index (χ1) is 24.4. The number of benzene rings is 1. The average molecular weight is 738 g/mol. The van der Waals surface area contributed by atoms with Gasteiger partial charge in [-0.25, -0.2) is 4.39 Å². The van der Waals surface area contributed by atoms with E-state index in [1.54, 1.807) is 18.5 Å². The summed E-state index contributed by atoms with van der Waals surface area (Å²) in [6.07, 6.45) is 10.3. The fourth-order valence-corrected chi connectivity index (χ4v) is 7.18. The van der Waals surface area contributed by atoms with Gasteiger partial charge in [-0.05, 0) is 80.3 Å². The number of nitrogens with one attached hydrogen (secondary N) is 2. The lowest BCUT2D eigenvalue weighted by molar-refractivity contribution is -0.130. The van der Waals surface area contributed by atoms with Crippen LogP contribution in [0.3, 0.4) is 0 Å². The number of halogens is 4. The quantitative estimate of drug-likeness (QED) is 0.172. The maximum Gasteiger partial charge on any atom is 0.288 e. The van der Waals surface area contributed by atoms with Crippen LogP contribution in [0.5, 0.6) is 0 Å². The highest BCUT2D eigenvalue weighted by atomic mass is 35.5. The number of aromatic nitrogens is 5. The van der Waals surface area contributed by atoms with Crippen LogP contribution >= 0.6 is 11.6 Å². The fraction of sp³-hybridized carbons (Fsp3) is 0.447. The van der Waals surface area contributed by atoms with Crippen molar-refractivity contribution >= 4 is 34.3 Å². The molecule has 14 heteroatoms. The number of carbonyl (C=O) groups excluding carboxylic acids is 2. The molecule has 0 saturated heterocycles. The van der Waals surface area contributed by atoms with Crippen molar-refractivity contribution in [2.24, 2.45) is 25.9 Å². The van der Waals surface area contributed by atoms with Gasteiger partial charge in [0.2, 0.25) is 11.8 Å². The van der Waals surface area contributed by atoms with E-state index in [0.29, 0.717) is 24.4 Å². The fourth-order valence-electron chi connectivity index (χ4n) is 6.91. The third-order valence-corrected chi connectivity index (χ3v) is 10.2. The molecule has 2 aliphatic rings. The molecule has 0 spiro atoms. The highest BCUT2D eigenvalue weighted by molar-refractivity contribution is 6.34. The monoisotopic (exact) mass is 737 g/mol. The number of hydrogen-bond acceptors (Lipinski definition) is 5. The minimum atomic E-state index is -3.31. The summed E-state index contributed by atoms with van der Waals surface area (Å²) in [5.74, 6) is -5.06. The SMILES string of the molecule is CCC1C=C(CC(NC(=O)C2CC2c2ccc3c(Cl)nn(C)c3c2)C(=O)NC(C)(C)Cn2nc(C(C)(F)F)cc2-c2cc(F)c(=O)n(C)c2)C=CC1. The Morgan fingerprint density at radius 2 is 1.87 bits per heavy atom. The maximum absolute atomic E-state index is 14.5. The molecular weight excluding hydrogens is 695 g/mol. The lowest BCUT2D eigenvalue weighted by Gasteiger charge is -2.30. The lowest BCUT2D eigenvalue weighted by atomic mass is 9.90. The normalized spacial score (nSPS) is 19.4. The van der Waals surface area contributed by atoms with E-state index >= 15 is 0 Å². The van der Waals surface area contributed by atoms with Gasteiger partial charge in [-0.1, -0.05) is 42.8 Å². The van der Waals surface area contributed by atoms with E-state index in [-0.39, 0.29) is 42.0 Å². The molecule has 2 aliphatic carbocycles. The second kappa shape index (κ2) is 14.1. The molecule has 2 amide bonds. The number of nitrogens with zero attached hydrogens (tertiary/aromatic N) is 5. The molecule has 52 heavy (non-hydrogen) atoms. The van der Waals surface area contributed by atoms with Crippen molar-refractivity contribution in [1.29, 1.82) is 0 Å². The largest absolute Gasteiger partial charge is 0.348 e. The van der Waals surface area contributed by atoms with Gasteiger partial charge in [0.25, 0.3) is 11.5 Å². The number of alkyl halides is 2. The van der Waals surface area contributed by atoms with Gasteiger partial charge < -0.3 is 15.2 Å². The molecule has 3 heterocycles. The van der Waals surface area contributed by atoms with Crippen LogP contribution in [-0.2, 0) is 36.2 Å². The highest BCUT2D eigenvalue weighted by Gasteiger charge is 2.45. The summed E-state index contributed by atoms with van der Waals surface area (Å²) < 4.78 is 47.5. The van der Waals surface area contributed by atoms with Gasteiger partial charge in [-0.3, -0.25) is 23.7 Å².